The maximum atomic E-state index is 11.2. The van der Waals surface area contributed by atoms with Gasteiger partial charge in [-0.1, -0.05) is 37.3 Å². The van der Waals surface area contributed by atoms with Gasteiger partial charge < -0.3 is 5.32 Å². The van der Waals surface area contributed by atoms with Crippen LogP contribution < -0.4 is 5.32 Å². The minimum atomic E-state index is 0.109. The second kappa shape index (κ2) is 6.19. The molecule has 0 bridgehead atoms. The Labute approximate surface area is 85.3 Å². The second-order valence-corrected chi connectivity index (χ2v) is 3.19. The van der Waals surface area contributed by atoms with Gasteiger partial charge in [0.2, 0.25) is 5.91 Å². The van der Waals surface area contributed by atoms with Gasteiger partial charge >= 0.3 is 0 Å². The molecule has 1 aromatic carbocycles. The van der Waals surface area contributed by atoms with E-state index in [0.29, 0.717) is 13.0 Å². The van der Waals surface area contributed by atoms with Crippen molar-refractivity contribution in [2.75, 3.05) is 6.54 Å². The van der Waals surface area contributed by atoms with Crippen molar-refractivity contribution in [3.8, 4) is 0 Å². The lowest BCUT2D eigenvalue weighted by Gasteiger charge is -2.03. The maximum absolute atomic E-state index is 11.2. The third-order valence-electron chi connectivity index (χ3n) is 1.98. The molecule has 1 radical (unpaired) electrons. The monoisotopic (exact) mass is 190 g/mol. The van der Waals surface area contributed by atoms with Crippen molar-refractivity contribution in [1.82, 2.24) is 5.32 Å². The van der Waals surface area contributed by atoms with Crippen LogP contribution in [-0.4, -0.2) is 12.5 Å². The first-order valence-corrected chi connectivity index (χ1v) is 4.93. The standard InChI is InChI=1S/C12H16NO/c1-2-10-13-12(14)9-8-11-6-4-3-5-7-11/h3-7H,1-2,8-10H2,(H,13,14). The molecule has 1 N–H and O–H groups in total. The molecule has 1 rings (SSSR count). The van der Waals surface area contributed by atoms with Crippen molar-refractivity contribution in [2.45, 2.75) is 19.3 Å². The van der Waals surface area contributed by atoms with Crippen molar-refractivity contribution in [3.05, 3.63) is 42.8 Å². The Morgan fingerprint density at radius 2 is 2.00 bits per heavy atom. The maximum Gasteiger partial charge on any atom is 0.220 e. The van der Waals surface area contributed by atoms with Gasteiger partial charge in [-0.25, -0.2) is 0 Å². The molecule has 75 valence electrons. The van der Waals surface area contributed by atoms with Crippen LogP contribution in [0.15, 0.2) is 30.3 Å². The van der Waals surface area contributed by atoms with Gasteiger partial charge in [0.25, 0.3) is 0 Å². The van der Waals surface area contributed by atoms with Crippen LogP contribution in [-0.2, 0) is 11.2 Å². The number of amides is 1. The van der Waals surface area contributed by atoms with Crippen LogP contribution >= 0.6 is 0 Å². The fourth-order valence-corrected chi connectivity index (χ4v) is 1.22. The van der Waals surface area contributed by atoms with Crippen molar-refractivity contribution in [3.63, 3.8) is 0 Å². The smallest absolute Gasteiger partial charge is 0.220 e. The first-order valence-electron chi connectivity index (χ1n) is 4.93. The summed E-state index contributed by atoms with van der Waals surface area (Å²) in [6, 6.07) is 10.0. The van der Waals surface area contributed by atoms with Gasteiger partial charge in [0.1, 0.15) is 0 Å². The molecule has 0 spiro atoms. The van der Waals surface area contributed by atoms with E-state index in [-0.39, 0.29) is 5.91 Å². The van der Waals surface area contributed by atoms with Crippen LogP contribution in [0.5, 0.6) is 0 Å². The van der Waals surface area contributed by atoms with Gasteiger partial charge in [0, 0.05) is 13.0 Å². The fourth-order valence-electron chi connectivity index (χ4n) is 1.22. The number of benzene rings is 1. The molecule has 0 saturated heterocycles. The first kappa shape index (κ1) is 10.8. The van der Waals surface area contributed by atoms with Crippen LogP contribution in [0.25, 0.3) is 0 Å². The normalized spacial score (nSPS) is 9.79. The third-order valence-corrected chi connectivity index (χ3v) is 1.98. The molecule has 0 heterocycles. The third kappa shape index (κ3) is 4.08. The van der Waals surface area contributed by atoms with E-state index in [2.05, 4.69) is 12.2 Å². The van der Waals surface area contributed by atoms with Crippen LogP contribution in [0, 0.1) is 6.92 Å². The Morgan fingerprint density at radius 3 is 2.64 bits per heavy atom. The van der Waals surface area contributed by atoms with E-state index in [9.17, 15) is 4.79 Å². The molecule has 0 unspecified atom stereocenters. The van der Waals surface area contributed by atoms with E-state index in [1.165, 1.54) is 5.56 Å². The number of hydrogen-bond acceptors (Lipinski definition) is 1. The van der Waals surface area contributed by atoms with Gasteiger partial charge in [-0.3, -0.25) is 4.79 Å². The lowest BCUT2D eigenvalue weighted by atomic mass is 10.1. The Kier molecular flexibility index (Phi) is 4.76. The molecule has 1 amide bonds. The molecule has 1 aromatic rings. The number of nitrogens with one attached hydrogen (secondary N) is 1. The van der Waals surface area contributed by atoms with Crippen LogP contribution in [0.4, 0.5) is 0 Å². The molecule has 0 fully saturated rings. The number of aryl methyl sites for hydroxylation is 1. The Bertz CT molecular complexity index is 269. The second-order valence-electron chi connectivity index (χ2n) is 3.19. The van der Waals surface area contributed by atoms with Gasteiger partial charge in [-0.2, -0.15) is 0 Å². The summed E-state index contributed by atoms with van der Waals surface area (Å²) in [5.41, 5.74) is 1.21. The molecule has 0 aliphatic carbocycles. The van der Waals surface area contributed by atoms with E-state index < -0.39 is 0 Å². The van der Waals surface area contributed by atoms with Gasteiger partial charge in [0.05, 0.1) is 0 Å². The van der Waals surface area contributed by atoms with Crippen molar-refractivity contribution >= 4 is 5.91 Å². The van der Waals surface area contributed by atoms with E-state index >= 15 is 0 Å². The van der Waals surface area contributed by atoms with Gasteiger partial charge in [0.15, 0.2) is 0 Å². The van der Waals surface area contributed by atoms with Crippen LogP contribution in [0.2, 0.25) is 0 Å². The van der Waals surface area contributed by atoms with Crippen LogP contribution in [0.1, 0.15) is 18.4 Å². The Morgan fingerprint density at radius 1 is 1.29 bits per heavy atom. The van der Waals surface area contributed by atoms with Gasteiger partial charge in [-0.05, 0) is 18.4 Å². The van der Waals surface area contributed by atoms with E-state index in [1.54, 1.807) is 0 Å². The number of carbonyl (C=O) groups is 1. The summed E-state index contributed by atoms with van der Waals surface area (Å²) in [5.74, 6) is 0.109. The lowest BCUT2D eigenvalue weighted by Crippen LogP contribution is -2.24. The topological polar surface area (TPSA) is 29.1 Å². The largest absolute Gasteiger partial charge is 0.356 e. The molecule has 2 nitrogen and oxygen atoms in total. The fraction of sp³-hybridized carbons (Fsp3) is 0.333. The molecule has 0 aliphatic heterocycles. The molecule has 0 aromatic heterocycles. The highest BCUT2D eigenvalue weighted by Gasteiger charge is 1.99. The Hall–Kier alpha value is -1.31. The number of rotatable bonds is 5. The summed E-state index contributed by atoms with van der Waals surface area (Å²) in [6.45, 7) is 4.34. The zero-order valence-corrected chi connectivity index (χ0v) is 8.33. The molecule has 0 atom stereocenters. The van der Waals surface area contributed by atoms with Crippen LogP contribution in [0.3, 0.4) is 0 Å². The zero-order valence-electron chi connectivity index (χ0n) is 8.33. The van der Waals surface area contributed by atoms with Gasteiger partial charge in [-0.15, -0.1) is 0 Å². The molecular formula is C12H16NO. The quantitative estimate of drug-likeness (QED) is 0.755. The number of carbonyl (C=O) groups excluding carboxylic acids is 1. The summed E-state index contributed by atoms with van der Waals surface area (Å²) in [4.78, 5) is 11.2. The first-order chi connectivity index (χ1) is 6.83. The molecule has 2 heteroatoms. The predicted molar refractivity (Wildman–Crippen MR) is 57.7 cm³/mol. The van der Waals surface area contributed by atoms with E-state index in [0.717, 1.165) is 12.8 Å². The SMILES string of the molecule is [CH2]CCNC(=O)CCc1ccccc1. The highest BCUT2D eigenvalue weighted by atomic mass is 16.1. The highest BCUT2D eigenvalue weighted by Crippen LogP contribution is 2.01. The summed E-state index contributed by atoms with van der Waals surface area (Å²) in [6.07, 6.45) is 2.12. The highest BCUT2D eigenvalue weighted by molar-refractivity contribution is 5.76. The minimum absolute atomic E-state index is 0.109. The minimum Gasteiger partial charge on any atom is -0.356 e. The molecular weight excluding hydrogens is 174 g/mol. The van der Waals surface area contributed by atoms with E-state index in [1.807, 2.05) is 30.3 Å². The van der Waals surface area contributed by atoms with Crippen molar-refractivity contribution < 1.29 is 4.79 Å². The number of hydrogen-bond donors (Lipinski definition) is 1. The summed E-state index contributed by atoms with van der Waals surface area (Å²) < 4.78 is 0. The summed E-state index contributed by atoms with van der Waals surface area (Å²) in [5, 5.41) is 2.80. The average molecular weight is 190 g/mol. The Balaban J connectivity index is 2.24. The summed E-state index contributed by atoms with van der Waals surface area (Å²) >= 11 is 0. The zero-order chi connectivity index (χ0) is 10.2. The van der Waals surface area contributed by atoms with E-state index in [4.69, 9.17) is 0 Å². The molecule has 14 heavy (non-hydrogen) atoms. The van der Waals surface area contributed by atoms with Crippen molar-refractivity contribution in [2.24, 2.45) is 0 Å². The lowest BCUT2D eigenvalue weighted by molar-refractivity contribution is -0.121. The van der Waals surface area contributed by atoms with Crippen molar-refractivity contribution in [1.29, 1.82) is 0 Å². The summed E-state index contributed by atoms with van der Waals surface area (Å²) in [7, 11) is 0. The average Bonchev–Trinajstić information content (AvgIpc) is 2.25. The molecule has 0 aliphatic rings. The molecule has 0 saturated carbocycles. The predicted octanol–water partition coefficient (Wildman–Crippen LogP) is 1.96.